The zero-order chi connectivity index (χ0) is 14.0. The van der Waals surface area contributed by atoms with E-state index in [1.807, 2.05) is 36.4 Å². The Labute approximate surface area is 122 Å². The second-order valence-electron chi connectivity index (χ2n) is 4.71. The number of aliphatic hydroxyl groups is 1. The third kappa shape index (κ3) is 3.37. The lowest BCUT2D eigenvalue weighted by molar-refractivity contribution is 0.199. The highest BCUT2D eigenvalue weighted by Gasteiger charge is 2.07. The Hall–Kier alpha value is -1.32. The summed E-state index contributed by atoms with van der Waals surface area (Å²) in [6.07, 6.45) is -0.480. The molecule has 2 aromatic rings. The number of aliphatic hydroxyl groups excluding tert-OH is 1. The largest absolute Gasteiger partial charge is 0.456 e. The van der Waals surface area contributed by atoms with E-state index in [9.17, 15) is 5.11 Å². The van der Waals surface area contributed by atoms with Crippen LogP contribution in [0, 0.1) is 13.8 Å². The lowest BCUT2D eigenvalue weighted by Crippen LogP contribution is -1.93. The van der Waals surface area contributed by atoms with Crippen LogP contribution < -0.4 is 4.74 Å². The summed E-state index contributed by atoms with van der Waals surface area (Å²) in [4.78, 5) is 0. The number of aryl methyl sites for hydroxylation is 2. The Morgan fingerprint density at radius 3 is 2.37 bits per heavy atom. The molecule has 0 aliphatic carbocycles. The van der Waals surface area contributed by atoms with E-state index < -0.39 is 6.10 Å². The van der Waals surface area contributed by atoms with E-state index in [4.69, 9.17) is 4.74 Å². The van der Waals surface area contributed by atoms with Gasteiger partial charge in [-0.1, -0.05) is 12.1 Å². The molecule has 100 valence electrons. The summed E-state index contributed by atoms with van der Waals surface area (Å²) in [5.74, 6) is 1.56. The monoisotopic (exact) mass is 320 g/mol. The number of hydrogen-bond donors (Lipinski definition) is 1. The molecular weight excluding hydrogens is 304 g/mol. The second-order valence-corrected chi connectivity index (χ2v) is 5.57. The number of benzene rings is 2. The predicted molar refractivity (Wildman–Crippen MR) is 80.8 cm³/mol. The van der Waals surface area contributed by atoms with Crippen molar-refractivity contribution in [1.82, 2.24) is 0 Å². The molecule has 0 fully saturated rings. The summed E-state index contributed by atoms with van der Waals surface area (Å²) in [5.41, 5.74) is 3.31. The predicted octanol–water partition coefficient (Wildman–Crippen LogP) is 4.91. The molecule has 0 unspecified atom stereocenters. The molecule has 1 N–H and O–H groups in total. The molecule has 0 amide bonds. The minimum absolute atomic E-state index is 0.480. The Bertz CT molecular complexity index is 591. The number of ether oxygens (including phenoxy) is 1. The fraction of sp³-hybridized carbons (Fsp3) is 0.250. The van der Waals surface area contributed by atoms with Crippen molar-refractivity contribution in [1.29, 1.82) is 0 Å². The van der Waals surface area contributed by atoms with E-state index in [1.54, 1.807) is 6.92 Å². The molecule has 0 aliphatic heterocycles. The van der Waals surface area contributed by atoms with E-state index in [-0.39, 0.29) is 0 Å². The average molecular weight is 321 g/mol. The van der Waals surface area contributed by atoms with Gasteiger partial charge >= 0.3 is 0 Å². The lowest BCUT2D eigenvalue weighted by Gasteiger charge is -2.11. The molecule has 0 aromatic heterocycles. The maximum atomic E-state index is 9.53. The van der Waals surface area contributed by atoms with Gasteiger partial charge in [0.15, 0.2) is 0 Å². The number of hydrogen-bond acceptors (Lipinski definition) is 2. The van der Waals surface area contributed by atoms with Gasteiger partial charge in [-0.2, -0.15) is 0 Å². The number of rotatable bonds is 3. The molecule has 2 nitrogen and oxygen atoms in total. The maximum Gasteiger partial charge on any atom is 0.141 e. The average Bonchev–Trinajstić information content (AvgIpc) is 2.36. The Kier molecular flexibility index (Phi) is 4.27. The summed E-state index contributed by atoms with van der Waals surface area (Å²) in [6, 6.07) is 11.6. The van der Waals surface area contributed by atoms with Crippen molar-refractivity contribution in [3.8, 4) is 11.5 Å². The number of halogens is 1. The third-order valence-corrected chi connectivity index (χ3v) is 3.76. The van der Waals surface area contributed by atoms with E-state index in [0.717, 1.165) is 21.5 Å². The van der Waals surface area contributed by atoms with Gasteiger partial charge in [0.1, 0.15) is 11.5 Å². The van der Waals surface area contributed by atoms with E-state index in [0.29, 0.717) is 0 Å². The Balaban J connectivity index is 2.25. The van der Waals surface area contributed by atoms with Crippen molar-refractivity contribution in [3.63, 3.8) is 0 Å². The Morgan fingerprint density at radius 1 is 1.05 bits per heavy atom. The van der Waals surface area contributed by atoms with Crippen LogP contribution in [0.25, 0.3) is 0 Å². The molecule has 0 radical (unpaired) electrons. The van der Waals surface area contributed by atoms with Crippen LogP contribution in [0.4, 0.5) is 0 Å². The Morgan fingerprint density at radius 2 is 1.79 bits per heavy atom. The first-order valence-electron chi connectivity index (χ1n) is 6.20. The highest BCUT2D eigenvalue weighted by atomic mass is 79.9. The normalized spacial score (nSPS) is 12.3. The van der Waals surface area contributed by atoms with E-state index in [1.165, 1.54) is 11.1 Å². The summed E-state index contributed by atoms with van der Waals surface area (Å²) < 4.78 is 6.69. The quantitative estimate of drug-likeness (QED) is 0.870. The summed E-state index contributed by atoms with van der Waals surface area (Å²) in [6.45, 7) is 5.88. The first-order valence-corrected chi connectivity index (χ1v) is 6.99. The maximum absolute atomic E-state index is 9.53. The molecular formula is C16H17BrO2. The summed E-state index contributed by atoms with van der Waals surface area (Å²) >= 11 is 3.47. The fourth-order valence-corrected chi connectivity index (χ4v) is 2.24. The van der Waals surface area contributed by atoms with Crippen molar-refractivity contribution >= 4 is 15.9 Å². The van der Waals surface area contributed by atoms with Crippen molar-refractivity contribution in [3.05, 3.63) is 57.6 Å². The van der Waals surface area contributed by atoms with Gasteiger partial charge in [-0.05, 0) is 77.7 Å². The lowest BCUT2D eigenvalue weighted by atomic mass is 10.1. The topological polar surface area (TPSA) is 29.5 Å². The standard InChI is InChI=1S/C16H17BrO2/c1-10-4-6-14(8-11(10)2)19-16-7-5-13(12(3)18)9-15(16)17/h4-9,12,18H,1-3H3/t12-/m0/s1. The van der Waals surface area contributed by atoms with Gasteiger partial charge in [0, 0.05) is 0 Å². The molecule has 0 saturated carbocycles. The van der Waals surface area contributed by atoms with Gasteiger partial charge in [0.25, 0.3) is 0 Å². The molecule has 0 bridgehead atoms. The van der Waals surface area contributed by atoms with Crippen LogP contribution in [0.2, 0.25) is 0 Å². The van der Waals surface area contributed by atoms with Gasteiger partial charge in [-0.25, -0.2) is 0 Å². The van der Waals surface area contributed by atoms with Crippen molar-refractivity contribution in [2.24, 2.45) is 0 Å². The van der Waals surface area contributed by atoms with Crippen molar-refractivity contribution < 1.29 is 9.84 Å². The smallest absolute Gasteiger partial charge is 0.141 e. The van der Waals surface area contributed by atoms with Crippen molar-refractivity contribution in [2.75, 3.05) is 0 Å². The molecule has 0 saturated heterocycles. The van der Waals surface area contributed by atoms with Crippen LogP contribution in [0.1, 0.15) is 29.7 Å². The molecule has 0 aliphatic rings. The van der Waals surface area contributed by atoms with Crippen LogP contribution in [0.5, 0.6) is 11.5 Å². The third-order valence-electron chi connectivity index (χ3n) is 3.14. The highest BCUT2D eigenvalue weighted by molar-refractivity contribution is 9.10. The zero-order valence-corrected chi connectivity index (χ0v) is 12.9. The van der Waals surface area contributed by atoms with E-state index >= 15 is 0 Å². The van der Waals surface area contributed by atoms with E-state index in [2.05, 4.69) is 29.8 Å². The molecule has 2 aromatic carbocycles. The zero-order valence-electron chi connectivity index (χ0n) is 11.3. The highest BCUT2D eigenvalue weighted by Crippen LogP contribution is 2.32. The van der Waals surface area contributed by atoms with Gasteiger partial charge in [0.05, 0.1) is 10.6 Å². The van der Waals surface area contributed by atoms with Gasteiger partial charge < -0.3 is 9.84 Å². The van der Waals surface area contributed by atoms with Crippen molar-refractivity contribution in [2.45, 2.75) is 26.9 Å². The van der Waals surface area contributed by atoms with Gasteiger partial charge in [0.2, 0.25) is 0 Å². The minimum Gasteiger partial charge on any atom is -0.456 e. The minimum atomic E-state index is -0.480. The molecule has 0 heterocycles. The molecule has 1 atom stereocenters. The van der Waals surface area contributed by atoms with Crippen LogP contribution >= 0.6 is 15.9 Å². The van der Waals surface area contributed by atoms with Crippen LogP contribution in [-0.4, -0.2) is 5.11 Å². The van der Waals surface area contributed by atoms with Crippen LogP contribution in [0.15, 0.2) is 40.9 Å². The SMILES string of the molecule is Cc1ccc(Oc2ccc([C@H](C)O)cc2Br)cc1C. The molecule has 0 spiro atoms. The molecule has 3 heteroatoms. The first-order chi connectivity index (χ1) is 8.97. The van der Waals surface area contributed by atoms with Gasteiger partial charge in [-0.15, -0.1) is 0 Å². The second kappa shape index (κ2) is 5.76. The molecule has 19 heavy (non-hydrogen) atoms. The first kappa shape index (κ1) is 14.1. The fourth-order valence-electron chi connectivity index (χ4n) is 1.76. The summed E-state index contributed by atoms with van der Waals surface area (Å²) in [7, 11) is 0. The van der Waals surface area contributed by atoms with Gasteiger partial charge in [-0.3, -0.25) is 0 Å². The van der Waals surface area contributed by atoms with Crippen LogP contribution in [0.3, 0.4) is 0 Å². The summed E-state index contributed by atoms with van der Waals surface area (Å²) in [5, 5.41) is 9.53. The molecule has 2 rings (SSSR count). The van der Waals surface area contributed by atoms with Crippen LogP contribution in [-0.2, 0) is 0 Å².